The van der Waals surface area contributed by atoms with Gasteiger partial charge in [0.2, 0.25) is 0 Å². The quantitative estimate of drug-likeness (QED) is 0.907. The maximum Gasteiger partial charge on any atom is 0.180 e. The van der Waals surface area contributed by atoms with Crippen molar-refractivity contribution in [1.82, 2.24) is 4.98 Å². The van der Waals surface area contributed by atoms with Gasteiger partial charge in [-0.2, -0.15) is 0 Å². The monoisotopic (exact) mass is 276 g/mol. The Kier molecular flexibility index (Phi) is 4.16. The highest BCUT2D eigenvalue weighted by molar-refractivity contribution is 7.91. The third-order valence-electron chi connectivity index (χ3n) is 2.87. The first kappa shape index (κ1) is 13.5. The number of rotatable bonds is 5. The summed E-state index contributed by atoms with van der Waals surface area (Å²) in [5, 5.41) is 0. The summed E-state index contributed by atoms with van der Waals surface area (Å²) in [6.45, 7) is 0. The Balaban J connectivity index is 2.01. The van der Waals surface area contributed by atoms with E-state index in [-0.39, 0.29) is 16.3 Å². The topological polar surface area (TPSA) is 73.0 Å². The first-order valence-corrected chi connectivity index (χ1v) is 7.71. The summed E-state index contributed by atoms with van der Waals surface area (Å²) in [5.74, 6) is 0.0934. The Morgan fingerprint density at radius 3 is 2.53 bits per heavy atom. The van der Waals surface area contributed by atoms with Crippen LogP contribution in [0.4, 0.5) is 5.69 Å². The fraction of sp³-hybridized carbons (Fsp3) is 0.214. The van der Waals surface area contributed by atoms with Gasteiger partial charge in [-0.3, -0.25) is 4.98 Å². The molecule has 0 spiro atoms. The average Bonchev–Trinajstić information content (AvgIpc) is 2.40. The number of nitrogens with two attached hydrogens (primary N) is 1. The molecule has 0 aliphatic carbocycles. The van der Waals surface area contributed by atoms with Crippen molar-refractivity contribution in [3.05, 3.63) is 54.4 Å². The van der Waals surface area contributed by atoms with Crippen LogP contribution in [-0.4, -0.2) is 19.2 Å². The van der Waals surface area contributed by atoms with E-state index in [9.17, 15) is 8.42 Å². The van der Waals surface area contributed by atoms with Gasteiger partial charge in [0.1, 0.15) is 0 Å². The molecular weight excluding hydrogens is 260 g/mol. The van der Waals surface area contributed by atoms with Gasteiger partial charge in [-0.15, -0.1) is 0 Å². The summed E-state index contributed by atoms with van der Waals surface area (Å²) >= 11 is 0. The van der Waals surface area contributed by atoms with Crippen LogP contribution in [0.5, 0.6) is 0 Å². The van der Waals surface area contributed by atoms with Crippen molar-refractivity contribution < 1.29 is 8.42 Å². The van der Waals surface area contributed by atoms with E-state index in [2.05, 4.69) is 4.98 Å². The lowest BCUT2D eigenvalue weighted by Gasteiger charge is -2.06. The summed E-state index contributed by atoms with van der Waals surface area (Å²) in [6.07, 6.45) is 4.13. The predicted molar refractivity (Wildman–Crippen MR) is 75.5 cm³/mol. The first-order chi connectivity index (χ1) is 9.09. The van der Waals surface area contributed by atoms with E-state index < -0.39 is 9.84 Å². The average molecular weight is 276 g/mol. The molecule has 0 unspecified atom stereocenters. The van der Waals surface area contributed by atoms with Gasteiger partial charge < -0.3 is 5.73 Å². The van der Waals surface area contributed by atoms with Crippen LogP contribution in [0.15, 0.2) is 53.7 Å². The van der Waals surface area contributed by atoms with E-state index in [1.807, 2.05) is 30.3 Å². The molecule has 0 atom stereocenters. The molecule has 0 saturated carbocycles. The lowest BCUT2D eigenvalue weighted by Crippen LogP contribution is -2.10. The number of nitrogen functional groups attached to an aromatic ring is 1. The highest BCUT2D eigenvalue weighted by atomic mass is 32.2. The third-order valence-corrected chi connectivity index (χ3v) is 4.73. The van der Waals surface area contributed by atoms with E-state index >= 15 is 0 Å². The number of anilines is 1. The van der Waals surface area contributed by atoms with Crippen LogP contribution >= 0.6 is 0 Å². The zero-order chi connectivity index (χ0) is 13.7. The second-order valence-corrected chi connectivity index (χ2v) is 6.40. The molecule has 1 heterocycles. The van der Waals surface area contributed by atoms with Gasteiger partial charge in [0.15, 0.2) is 9.84 Å². The molecule has 100 valence electrons. The second kappa shape index (κ2) is 5.84. The SMILES string of the molecule is Nc1cnccc1S(=O)(=O)CCCc1ccccc1. The minimum absolute atomic E-state index is 0.0934. The summed E-state index contributed by atoms with van der Waals surface area (Å²) in [6, 6.07) is 11.3. The standard InChI is InChI=1S/C14H16N2O2S/c15-13-11-16-9-8-14(13)19(17,18)10-4-7-12-5-2-1-3-6-12/h1-3,5-6,8-9,11H,4,7,10,15H2. The molecule has 0 fully saturated rings. The van der Waals surface area contributed by atoms with Gasteiger partial charge >= 0.3 is 0 Å². The van der Waals surface area contributed by atoms with Crippen molar-refractivity contribution in [2.75, 3.05) is 11.5 Å². The number of benzene rings is 1. The number of hydrogen-bond donors (Lipinski definition) is 1. The number of pyridine rings is 1. The lowest BCUT2D eigenvalue weighted by molar-refractivity contribution is 0.593. The number of sulfone groups is 1. The molecule has 0 radical (unpaired) electrons. The van der Waals surface area contributed by atoms with Crippen LogP contribution in [0, 0.1) is 0 Å². The number of aromatic nitrogens is 1. The summed E-state index contributed by atoms with van der Waals surface area (Å²) < 4.78 is 24.3. The van der Waals surface area contributed by atoms with Crippen LogP contribution in [0.2, 0.25) is 0 Å². The molecule has 19 heavy (non-hydrogen) atoms. The predicted octanol–water partition coefficient (Wildman–Crippen LogP) is 2.07. The second-order valence-electron chi connectivity index (χ2n) is 4.32. The van der Waals surface area contributed by atoms with Gasteiger partial charge in [0, 0.05) is 6.20 Å². The lowest BCUT2D eigenvalue weighted by atomic mass is 10.1. The van der Waals surface area contributed by atoms with Crippen molar-refractivity contribution in [3.8, 4) is 0 Å². The van der Waals surface area contributed by atoms with E-state index in [0.29, 0.717) is 6.42 Å². The van der Waals surface area contributed by atoms with Crippen LogP contribution in [-0.2, 0) is 16.3 Å². The highest BCUT2D eigenvalue weighted by Gasteiger charge is 2.16. The zero-order valence-corrected chi connectivity index (χ0v) is 11.3. The molecule has 2 rings (SSSR count). The van der Waals surface area contributed by atoms with Gasteiger partial charge in [0.05, 0.1) is 22.5 Å². The highest BCUT2D eigenvalue weighted by Crippen LogP contribution is 2.18. The fourth-order valence-electron chi connectivity index (χ4n) is 1.90. The van der Waals surface area contributed by atoms with Crippen molar-refractivity contribution in [2.24, 2.45) is 0 Å². The molecule has 1 aromatic carbocycles. The van der Waals surface area contributed by atoms with E-state index in [1.165, 1.54) is 18.5 Å². The molecule has 0 bridgehead atoms. The molecule has 0 aliphatic rings. The maximum absolute atomic E-state index is 12.1. The van der Waals surface area contributed by atoms with Gasteiger partial charge in [-0.05, 0) is 24.5 Å². The number of nitrogens with zero attached hydrogens (tertiary/aromatic N) is 1. The Morgan fingerprint density at radius 2 is 1.84 bits per heavy atom. The summed E-state index contributed by atoms with van der Waals surface area (Å²) in [4.78, 5) is 3.97. The molecule has 1 aromatic heterocycles. The Bertz CT molecular complexity index is 640. The molecule has 2 aromatic rings. The normalized spacial score (nSPS) is 11.4. The van der Waals surface area contributed by atoms with E-state index in [0.717, 1.165) is 12.0 Å². The molecule has 0 aliphatic heterocycles. The van der Waals surface area contributed by atoms with E-state index in [4.69, 9.17) is 5.73 Å². The minimum Gasteiger partial charge on any atom is -0.396 e. The smallest absolute Gasteiger partial charge is 0.180 e. The van der Waals surface area contributed by atoms with Crippen molar-refractivity contribution in [1.29, 1.82) is 0 Å². The Hall–Kier alpha value is -1.88. The van der Waals surface area contributed by atoms with Gasteiger partial charge in [-0.1, -0.05) is 30.3 Å². The zero-order valence-electron chi connectivity index (χ0n) is 10.5. The summed E-state index contributed by atoms with van der Waals surface area (Å²) in [5.41, 5.74) is 7.00. The Labute approximate surface area is 113 Å². The van der Waals surface area contributed by atoms with Crippen molar-refractivity contribution >= 4 is 15.5 Å². The van der Waals surface area contributed by atoms with Crippen LogP contribution in [0.25, 0.3) is 0 Å². The van der Waals surface area contributed by atoms with Crippen LogP contribution < -0.4 is 5.73 Å². The minimum atomic E-state index is -3.33. The van der Waals surface area contributed by atoms with Gasteiger partial charge in [-0.25, -0.2) is 8.42 Å². The number of hydrogen-bond acceptors (Lipinski definition) is 4. The summed E-state index contributed by atoms with van der Waals surface area (Å²) in [7, 11) is -3.33. The first-order valence-electron chi connectivity index (χ1n) is 6.06. The molecule has 0 amide bonds. The molecule has 2 N–H and O–H groups in total. The Morgan fingerprint density at radius 1 is 1.11 bits per heavy atom. The van der Waals surface area contributed by atoms with Crippen LogP contribution in [0.1, 0.15) is 12.0 Å². The third kappa shape index (κ3) is 3.54. The van der Waals surface area contributed by atoms with Crippen molar-refractivity contribution in [3.63, 3.8) is 0 Å². The molecule has 4 nitrogen and oxygen atoms in total. The molecule has 5 heteroatoms. The number of aryl methyl sites for hydroxylation is 1. The maximum atomic E-state index is 12.1. The van der Waals surface area contributed by atoms with Gasteiger partial charge in [0.25, 0.3) is 0 Å². The van der Waals surface area contributed by atoms with E-state index in [1.54, 1.807) is 0 Å². The molecule has 0 saturated heterocycles. The largest absolute Gasteiger partial charge is 0.396 e. The fourth-order valence-corrected chi connectivity index (χ4v) is 3.32. The van der Waals surface area contributed by atoms with Crippen molar-refractivity contribution in [2.45, 2.75) is 17.7 Å². The van der Waals surface area contributed by atoms with Crippen LogP contribution in [0.3, 0.4) is 0 Å². The molecular formula is C14H16N2O2S.